The number of anilines is 2. The van der Waals surface area contributed by atoms with E-state index in [-0.39, 0.29) is 4.90 Å². The number of hydrogen-bond acceptors (Lipinski definition) is 3. The van der Waals surface area contributed by atoms with Crippen LogP contribution in [0.3, 0.4) is 0 Å². The second kappa shape index (κ2) is 6.71. The molecule has 30 heavy (non-hydrogen) atoms. The van der Waals surface area contributed by atoms with Crippen LogP contribution in [0.1, 0.15) is 16.8 Å². The molecule has 4 nitrogen and oxygen atoms in total. The third-order valence-electron chi connectivity index (χ3n) is 5.81. The van der Waals surface area contributed by atoms with Gasteiger partial charge in [0.2, 0.25) is 0 Å². The number of hydrogen-bond donors (Lipinski definition) is 0. The molecule has 3 aromatic carbocycles. The van der Waals surface area contributed by atoms with Crippen molar-refractivity contribution in [1.29, 1.82) is 0 Å². The Morgan fingerprint density at radius 2 is 1.63 bits per heavy atom. The first-order valence-electron chi connectivity index (χ1n) is 9.87. The lowest BCUT2D eigenvalue weighted by Gasteiger charge is -2.20. The van der Waals surface area contributed by atoms with Crippen molar-refractivity contribution >= 4 is 32.3 Å². The molecule has 4 aromatic rings. The SMILES string of the molecule is Cc1ccc(S(=O)(=O)n2c(C)c(N3CCc4ccccc43)c3c(F)cccc32)cc1. The van der Waals surface area contributed by atoms with Crippen LogP contribution in [-0.4, -0.2) is 18.9 Å². The van der Waals surface area contributed by atoms with Crippen LogP contribution in [0, 0.1) is 19.7 Å². The van der Waals surface area contributed by atoms with E-state index >= 15 is 4.39 Å². The third kappa shape index (κ3) is 2.67. The quantitative estimate of drug-likeness (QED) is 0.450. The van der Waals surface area contributed by atoms with Crippen molar-refractivity contribution in [2.75, 3.05) is 11.4 Å². The molecular formula is C24H21FN2O2S. The summed E-state index contributed by atoms with van der Waals surface area (Å²) in [6, 6.07) is 19.3. The van der Waals surface area contributed by atoms with Gasteiger partial charge in [0.1, 0.15) is 5.82 Å². The summed E-state index contributed by atoms with van der Waals surface area (Å²) in [5, 5.41) is 0.336. The molecule has 5 rings (SSSR count). The maximum absolute atomic E-state index is 15.1. The minimum Gasteiger partial charge on any atom is -0.339 e. The predicted octanol–water partition coefficient (Wildman–Crippen LogP) is 5.33. The van der Waals surface area contributed by atoms with Crippen molar-refractivity contribution < 1.29 is 12.8 Å². The van der Waals surface area contributed by atoms with Gasteiger partial charge in [-0.05, 0) is 56.2 Å². The number of halogens is 1. The first-order chi connectivity index (χ1) is 14.4. The predicted molar refractivity (Wildman–Crippen MR) is 118 cm³/mol. The Hall–Kier alpha value is -3.12. The normalized spacial score (nSPS) is 13.8. The molecule has 1 aliphatic rings. The second-order valence-electron chi connectivity index (χ2n) is 7.68. The fraction of sp³-hybridized carbons (Fsp3) is 0.167. The van der Waals surface area contributed by atoms with Crippen LogP contribution < -0.4 is 4.90 Å². The molecule has 0 amide bonds. The lowest BCUT2D eigenvalue weighted by molar-refractivity contribution is 0.588. The van der Waals surface area contributed by atoms with Gasteiger partial charge in [-0.25, -0.2) is 16.8 Å². The van der Waals surface area contributed by atoms with E-state index in [4.69, 9.17) is 0 Å². The molecule has 0 spiro atoms. The fourth-order valence-corrected chi connectivity index (χ4v) is 5.95. The molecule has 6 heteroatoms. The molecular weight excluding hydrogens is 399 g/mol. The molecule has 1 aromatic heterocycles. The summed E-state index contributed by atoms with van der Waals surface area (Å²) in [5.41, 5.74) is 4.62. The minimum absolute atomic E-state index is 0.186. The molecule has 0 fully saturated rings. The van der Waals surface area contributed by atoms with Crippen LogP contribution in [0.15, 0.2) is 71.6 Å². The molecule has 0 bridgehead atoms. The highest BCUT2D eigenvalue weighted by Gasteiger charge is 2.31. The smallest absolute Gasteiger partial charge is 0.268 e. The topological polar surface area (TPSA) is 42.3 Å². The van der Waals surface area contributed by atoms with Crippen molar-refractivity contribution in [3.8, 4) is 0 Å². The average molecular weight is 421 g/mol. The Balaban J connectivity index is 1.81. The van der Waals surface area contributed by atoms with Crippen molar-refractivity contribution in [1.82, 2.24) is 3.97 Å². The second-order valence-corrected chi connectivity index (χ2v) is 9.47. The van der Waals surface area contributed by atoms with E-state index in [1.165, 1.54) is 15.6 Å². The highest BCUT2D eigenvalue weighted by atomic mass is 32.2. The van der Waals surface area contributed by atoms with Gasteiger partial charge in [-0.2, -0.15) is 0 Å². The lowest BCUT2D eigenvalue weighted by Crippen LogP contribution is -2.17. The monoisotopic (exact) mass is 420 g/mol. The number of nitrogens with zero attached hydrogens (tertiary/aromatic N) is 2. The van der Waals surface area contributed by atoms with Gasteiger partial charge in [-0.3, -0.25) is 0 Å². The molecule has 0 unspecified atom stereocenters. The Morgan fingerprint density at radius 1 is 0.900 bits per heavy atom. The van der Waals surface area contributed by atoms with Crippen LogP contribution >= 0.6 is 0 Å². The van der Waals surface area contributed by atoms with E-state index in [0.717, 1.165) is 17.7 Å². The van der Waals surface area contributed by atoms with E-state index < -0.39 is 15.8 Å². The Labute approximate surface area is 175 Å². The van der Waals surface area contributed by atoms with Gasteiger partial charge < -0.3 is 4.90 Å². The Kier molecular flexibility index (Phi) is 4.22. The van der Waals surface area contributed by atoms with Crippen LogP contribution in [0.25, 0.3) is 10.9 Å². The van der Waals surface area contributed by atoms with Gasteiger partial charge in [-0.15, -0.1) is 0 Å². The average Bonchev–Trinajstić information content (AvgIpc) is 3.27. The summed E-state index contributed by atoms with van der Waals surface area (Å²) < 4.78 is 43.5. The Morgan fingerprint density at radius 3 is 2.40 bits per heavy atom. The summed E-state index contributed by atoms with van der Waals surface area (Å²) in [4.78, 5) is 2.22. The van der Waals surface area contributed by atoms with Crippen LogP contribution in [0.2, 0.25) is 0 Å². The summed E-state index contributed by atoms with van der Waals surface area (Å²) in [7, 11) is -3.89. The molecule has 152 valence electrons. The maximum atomic E-state index is 15.1. The van der Waals surface area contributed by atoms with Gasteiger partial charge in [0.15, 0.2) is 0 Å². The molecule has 0 radical (unpaired) electrons. The third-order valence-corrected chi connectivity index (χ3v) is 7.63. The molecule has 0 saturated carbocycles. The van der Waals surface area contributed by atoms with Crippen LogP contribution in [0.4, 0.5) is 15.8 Å². The van der Waals surface area contributed by atoms with E-state index in [2.05, 4.69) is 6.07 Å². The molecule has 2 heterocycles. The largest absolute Gasteiger partial charge is 0.339 e. The number of para-hydroxylation sites is 1. The molecule has 0 aliphatic carbocycles. The standard InChI is InChI=1S/C24H21FN2O2S/c1-16-10-12-19(13-11-16)30(28,29)27-17(2)24(23-20(25)7-5-9-22(23)27)26-15-14-18-6-3-4-8-21(18)26/h3-13H,14-15H2,1-2H3. The molecule has 0 saturated heterocycles. The molecule has 0 atom stereocenters. The van der Waals surface area contributed by atoms with Gasteiger partial charge in [0, 0.05) is 12.2 Å². The van der Waals surface area contributed by atoms with Gasteiger partial charge in [-0.1, -0.05) is 42.0 Å². The number of rotatable bonds is 3. The van der Waals surface area contributed by atoms with E-state index in [1.54, 1.807) is 43.3 Å². The molecule has 0 N–H and O–H groups in total. The summed E-state index contributed by atoms with van der Waals surface area (Å²) in [6.07, 6.45) is 0.835. The van der Waals surface area contributed by atoms with E-state index in [0.29, 0.717) is 28.8 Å². The van der Waals surface area contributed by atoms with Gasteiger partial charge >= 0.3 is 0 Å². The highest BCUT2D eigenvalue weighted by Crippen LogP contribution is 2.43. The zero-order valence-electron chi connectivity index (χ0n) is 16.8. The van der Waals surface area contributed by atoms with E-state index in [1.807, 2.05) is 30.0 Å². The zero-order chi connectivity index (χ0) is 21.0. The summed E-state index contributed by atoms with van der Waals surface area (Å²) >= 11 is 0. The van der Waals surface area contributed by atoms with Gasteiger partial charge in [0.25, 0.3) is 10.0 Å². The Bertz CT molecular complexity index is 1390. The fourth-order valence-electron chi connectivity index (χ4n) is 4.40. The number of fused-ring (bicyclic) bond motifs is 2. The van der Waals surface area contributed by atoms with Crippen LogP contribution in [0.5, 0.6) is 0 Å². The first kappa shape index (κ1) is 18.9. The van der Waals surface area contributed by atoms with Crippen molar-refractivity contribution in [3.05, 3.63) is 89.4 Å². The highest BCUT2D eigenvalue weighted by molar-refractivity contribution is 7.90. The maximum Gasteiger partial charge on any atom is 0.268 e. The number of aromatic nitrogens is 1. The summed E-state index contributed by atoms with van der Waals surface area (Å²) in [6.45, 7) is 4.34. The summed E-state index contributed by atoms with van der Waals surface area (Å²) in [5.74, 6) is -0.423. The van der Waals surface area contributed by atoms with Gasteiger partial charge in [0.05, 0.1) is 27.2 Å². The zero-order valence-corrected chi connectivity index (χ0v) is 17.6. The van der Waals surface area contributed by atoms with Crippen LogP contribution in [-0.2, 0) is 16.4 Å². The minimum atomic E-state index is -3.89. The van der Waals surface area contributed by atoms with Crippen molar-refractivity contribution in [3.63, 3.8) is 0 Å². The molecule has 1 aliphatic heterocycles. The van der Waals surface area contributed by atoms with Crippen molar-refractivity contribution in [2.24, 2.45) is 0 Å². The first-order valence-corrected chi connectivity index (χ1v) is 11.3. The lowest BCUT2D eigenvalue weighted by atomic mass is 10.1. The van der Waals surface area contributed by atoms with E-state index in [9.17, 15) is 8.42 Å². The number of benzene rings is 3. The number of aryl methyl sites for hydroxylation is 1. The van der Waals surface area contributed by atoms with Crippen molar-refractivity contribution in [2.45, 2.75) is 25.2 Å².